The van der Waals surface area contributed by atoms with E-state index in [-0.39, 0.29) is 11.9 Å². The predicted molar refractivity (Wildman–Crippen MR) is 70.7 cm³/mol. The molecule has 19 heavy (non-hydrogen) atoms. The van der Waals surface area contributed by atoms with E-state index in [1.807, 2.05) is 13.8 Å². The van der Waals surface area contributed by atoms with Gasteiger partial charge in [0, 0.05) is 13.6 Å². The molecule has 1 unspecified atom stereocenters. The lowest BCUT2D eigenvalue weighted by Crippen LogP contribution is -2.30. The maximum absolute atomic E-state index is 11.4. The second kappa shape index (κ2) is 6.14. The number of esters is 1. The van der Waals surface area contributed by atoms with Crippen LogP contribution in [0.3, 0.4) is 0 Å². The minimum atomic E-state index is -0.301. The van der Waals surface area contributed by atoms with E-state index >= 15 is 0 Å². The van der Waals surface area contributed by atoms with Crippen LogP contribution in [-0.4, -0.2) is 36.9 Å². The van der Waals surface area contributed by atoms with Gasteiger partial charge in [-0.25, -0.2) is 0 Å². The van der Waals surface area contributed by atoms with Crippen LogP contribution in [0.1, 0.15) is 23.7 Å². The molecule has 0 N–H and O–H groups in total. The van der Waals surface area contributed by atoms with Gasteiger partial charge in [0.05, 0.1) is 18.7 Å². The summed E-state index contributed by atoms with van der Waals surface area (Å²) in [4.78, 5) is 13.2. The molecular formula is C13H18N4O2. The molecule has 0 radical (unpaired) electrons. The van der Waals surface area contributed by atoms with Crippen molar-refractivity contribution in [3.63, 3.8) is 0 Å². The van der Waals surface area contributed by atoms with E-state index in [1.165, 1.54) is 7.11 Å². The fourth-order valence-corrected chi connectivity index (χ4v) is 1.77. The first-order valence-electron chi connectivity index (χ1n) is 5.95. The van der Waals surface area contributed by atoms with Gasteiger partial charge in [0.1, 0.15) is 11.6 Å². The number of aromatic nitrogens is 2. The molecular weight excluding hydrogens is 244 g/mol. The number of carbonyl (C=O) groups is 1. The molecule has 0 saturated heterocycles. The maximum atomic E-state index is 11.4. The number of nitriles is 1. The number of hydrogen-bond donors (Lipinski definition) is 0. The van der Waals surface area contributed by atoms with Crippen LogP contribution in [0.25, 0.3) is 0 Å². The Hall–Kier alpha value is -2.16. The van der Waals surface area contributed by atoms with Crippen LogP contribution < -0.4 is 4.90 Å². The molecule has 1 rings (SSSR count). The second-order valence-corrected chi connectivity index (χ2v) is 4.53. The number of carbonyl (C=O) groups excluding carboxylic acids is 1. The molecule has 0 saturated carbocycles. The van der Waals surface area contributed by atoms with Crippen LogP contribution in [0.15, 0.2) is 0 Å². The summed E-state index contributed by atoms with van der Waals surface area (Å²) < 4.78 is 4.68. The lowest BCUT2D eigenvalue weighted by Gasteiger charge is -2.22. The van der Waals surface area contributed by atoms with Gasteiger partial charge >= 0.3 is 5.97 Å². The van der Waals surface area contributed by atoms with E-state index in [1.54, 1.807) is 18.9 Å². The normalized spacial score (nSPS) is 11.6. The van der Waals surface area contributed by atoms with Gasteiger partial charge in [-0.1, -0.05) is 6.92 Å². The SMILES string of the molecule is COC(=O)C(C)CN(C)c1nnc(C)c(C)c1C#N. The van der Waals surface area contributed by atoms with Crippen molar-refractivity contribution in [3.8, 4) is 6.07 Å². The highest BCUT2D eigenvalue weighted by Crippen LogP contribution is 2.21. The number of nitrogens with zero attached hydrogens (tertiary/aromatic N) is 4. The maximum Gasteiger partial charge on any atom is 0.310 e. The Morgan fingerprint density at radius 2 is 2.11 bits per heavy atom. The fourth-order valence-electron chi connectivity index (χ4n) is 1.77. The van der Waals surface area contributed by atoms with Gasteiger partial charge in [-0.15, -0.1) is 5.10 Å². The lowest BCUT2D eigenvalue weighted by atomic mass is 10.1. The van der Waals surface area contributed by atoms with Crippen molar-refractivity contribution in [3.05, 3.63) is 16.8 Å². The van der Waals surface area contributed by atoms with E-state index in [2.05, 4.69) is 21.0 Å². The average Bonchev–Trinajstić information content (AvgIpc) is 2.40. The van der Waals surface area contributed by atoms with Crippen molar-refractivity contribution in [1.29, 1.82) is 5.26 Å². The third-order valence-corrected chi connectivity index (χ3v) is 3.06. The lowest BCUT2D eigenvalue weighted by molar-refractivity contribution is -0.144. The Morgan fingerprint density at radius 1 is 1.47 bits per heavy atom. The molecule has 0 spiro atoms. The summed E-state index contributed by atoms with van der Waals surface area (Å²) in [6, 6.07) is 2.14. The van der Waals surface area contributed by atoms with Crippen LogP contribution in [-0.2, 0) is 9.53 Å². The predicted octanol–water partition coefficient (Wildman–Crippen LogP) is 1.21. The second-order valence-electron chi connectivity index (χ2n) is 4.53. The third kappa shape index (κ3) is 3.19. The Kier molecular flexibility index (Phi) is 4.81. The third-order valence-electron chi connectivity index (χ3n) is 3.06. The van der Waals surface area contributed by atoms with Crippen molar-refractivity contribution < 1.29 is 9.53 Å². The molecule has 102 valence electrons. The topological polar surface area (TPSA) is 79.1 Å². The van der Waals surface area contributed by atoms with Crippen LogP contribution in [0, 0.1) is 31.1 Å². The number of aryl methyl sites for hydroxylation is 1. The molecule has 0 aliphatic rings. The molecule has 6 heteroatoms. The average molecular weight is 262 g/mol. The van der Waals surface area contributed by atoms with Crippen LogP contribution in [0.5, 0.6) is 0 Å². The molecule has 0 aromatic carbocycles. The van der Waals surface area contributed by atoms with Crippen molar-refractivity contribution in [2.75, 3.05) is 25.6 Å². The largest absolute Gasteiger partial charge is 0.469 e. The molecule has 0 aliphatic carbocycles. The van der Waals surface area contributed by atoms with Crippen molar-refractivity contribution in [2.45, 2.75) is 20.8 Å². The number of methoxy groups -OCH3 is 1. The Bertz CT molecular complexity index is 522. The summed E-state index contributed by atoms with van der Waals surface area (Å²) in [6.45, 7) is 5.83. The zero-order chi connectivity index (χ0) is 14.6. The first-order valence-corrected chi connectivity index (χ1v) is 5.95. The van der Waals surface area contributed by atoms with Gasteiger partial charge in [0.25, 0.3) is 0 Å². The zero-order valence-electron chi connectivity index (χ0n) is 11.9. The van der Waals surface area contributed by atoms with Gasteiger partial charge in [-0.2, -0.15) is 10.4 Å². The molecule has 1 aromatic rings. The summed E-state index contributed by atoms with van der Waals surface area (Å²) in [6.07, 6.45) is 0. The monoisotopic (exact) mass is 262 g/mol. The first kappa shape index (κ1) is 14.9. The van der Waals surface area contributed by atoms with Crippen LogP contribution in [0.4, 0.5) is 5.82 Å². The molecule has 1 atom stereocenters. The summed E-state index contributed by atoms with van der Waals surface area (Å²) in [5.74, 6) is -0.103. The van der Waals surface area contributed by atoms with Gasteiger partial charge in [0.2, 0.25) is 0 Å². The number of ether oxygens (including phenoxy) is 1. The van der Waals surface area contributed by atoms with Crippen LogP contribution >= 0.6 is 0 Å². The standard InChI is InChI=1S/C13H18N4O2/c1-8(13(18)19-5)7-17(4)12-11(6-14)9(2)10(3)15-16-12/h8H,7H2,1-5H3. The van der Waals surface area contributed by atoms with Gasteiger partial charge in [0.15, 0.2) is 5.82 Å². The molecule has 0 amide bonds. The van der Waals surface area contributed by atoms with Gasteiger partial charge in [-0.05, 0) is 19.4 Å². The molecule has 6 nitrogen and oxygen atoms in total. The van der Waals surface area contributed by atoms with E-state index < -0.39 is 0 Å². The smallest absolute Gasteiger partial charge is 0.310 e. The van der Waals surface area contributed by atoms with E-state index in [0.717, 1.165) is 11.3 Å². The van der Waals surface area contributed by atoms with Crippen molar-refractivity contribution in [1.82, 2.24) is 10.2 Å². The fraction of sp³-hybridized carbons (Fsp3) is 0.538. The highest BCUT2D eigenvalue weighted by molar-refractivity contribution is 5.72. The van der Waals surface area contributed by atoms with Gasteiger partial charge in [-0.3, -0.25) is 4.79 Å². The molecule has 0 aliphatic heterocycles. The van der Waals surface area contributed by atoms with E-state index in [4.69, 9.17) is 0 Å². The quantitative estimate of drug-likeness (QED) is 0.759. The summed E-state index contributed by atoms with van der Waals surface area (Å²) in [5.41, 5.74) is 2.03. The summed E-state index contributed by atoms with van der Waals surface area (Å²) in [7, 11) is 3.13. The Balaban J connectivity index is 3.01. The zero-order valence-corrected chi connectivity index (χ0v) is 11.9. The highest BCUT2D eigenvalue weighted by atomic mass is 16.5. The number of anilines is 1. The Labute approximate surface area is 113 Å². The minimum Gasteiger partial charge on any atom is -0.469 e. The molecule has 1 heterocycles. The molecule has 0 bridgehead atoms. The van der Waals surface area contributed by atoms with E-state index in [0.29, 0.717) is 17.9 Å². The Morgan fingerprint density at radius 3 is 2.63 bits per heavy atom. The highest BCUT2D eigenvalue weighted by Gasteiger charge is 2.20. The number of rotatable bonds is 4. The molecule has 0 fully saturated rings. The minimum absolute atomic E-state index is 0.290. The summed E-state index contributed by atoms with van der Waals surface area (Å²) in [5, 5.41) is 17.3. The van der Waals surface area contributed by atoms with Gasteiger partial charge < -0.3 is 9.64 Å². The number of hydrogen-bond acceptors (Lipinski definition) is 6. The molecule has 1 aromatic heterocycles. The van der Waals surface area contributed by atoms with E-state index in [9.17, 15) is 10.1 Å². The van der Waals surface area contributed by atoms with Crippen molar-refractivity contribution in [2.24, 2.45) is 5.92 Å². The van der Waals surface area contributed by atoms with Crippen LogP contribution in [0.2, 0.25) is 0 Å². The van der Waals surface area contributed by atoms with Crippen molar-refractivity contribution >= 4 is 11.8 Å². The first-order chi connectivity index (χ1) is 8.92. The summed E-state index contributed by atoms with van der Waals surface area (Å²) >= 11 is 0.